The quantitative estimate of drug-likeness (QED) is 0.244. The topological polar surface area (TPSA) is 4.93 Å². The van der Waals surface area contributed by atoms with Crippen molar-refractivity contribution in [1.29, 1.82) is 0 Å². The van der Waals surface area contributed by atoms with Crippen LogP contribution in [0.4, 0.5) is 0 Å². The summed E-state index contributed by atoms with van der Waals surface area (Å²) in [5.41, 5.74) is 13.0. The summed E-state index contributed by atoms with van der Waals surface area (Å²) in [5, 5.41) is 2.53. The van der Waals surface area contributed by atoms with Crippen LogP contribution in [0.2, 0.25) is 0 Å². The SMILES string of the molecule is C=CC1=C(C=C)c2ccccc2-c2ccc(-n3c4ccccc4c4ccccc43)cc2C(/C=C\C)=C1C. The monoisotopic (exact) mass is 475 g/mol. The lowest BCUT2D eigenvalue weighted by molar-refractivity contribution is 1.18. The second kappa shape index (κ2) is 9.11. The molecule has 1 aliphatic rings. The second-order valence-corrected chi connectivity index (χ2v) is 9.42. The van der Waals surface area contributed by atoms with E-state index in [1.54, 1.807) is 0 Å². The molecule has 6 rings (SSSR count). The fraction of sp³-hybridized carbons (Fsp3) is 0.0556. The van der Waals surface area contributed by atoms with Crippen LogP contribution in [0.1, 0.15) is 25.0 Å². The molecular formula is C36H29N. The molecule has 1 aliphatic carbocycles. The van der Waals surface area contributed by atoms with Crippen LogP contribution in [-0.4, -0.2) is 4.57 Å². The first-order chi connectivity index (χ1) is 18.2. The van der Waals surface area contributed by atoms with Gasteiger partial charge in [-0.05, 0) is 82.7 Å². The van der Waals surface area contributed by atoms with Gasteiger partial charge >= 0.3 is 0 Å². The Morgan fingerprint density at radius 1 is 0.595 bits per heavy atom. The van der Waals surface area contributed by atoms with Crippen molar-refractivity contribution in [1.82, 2.24) is 4.57 Å². The van der Waals surface area contributed by atoms with Gasteiger partial charge in [0.2, 0.25) is 0 Å². The van der Waals surface area contributed by atoms with E-state index >= 15 is 0 Å². The molecule has 1 aromatic heterocycles. The van der Waals surface area contributed by atoms with Gasteiger partial charge in [0, 0.05) is 16.5 Å². The maximum atomic E-state index is 4.19. The molecule has 4 aromatic carbocycles. The van der Waals surface area contributed by atoms with Crippen LogP contribution in [-0.2, 0) is 0 Å². The lowest BCUT2D eigenvalue weighted by atomic mass is 9.81. The normalized spacial score (nSPS) is 13.6. The van der Waals surface area contributed by atoms with Crippen LogP contribution in [0.15, 0.2) is 140 Å². The van der Waals surface area contributed by atoms with Gasteiger partial charge in [-0.25, -0.2) is 0 Å². The van der Waals surface area contributed by atoms with Gasteiger partial charge in [-0.1, -0.05) is 104 Å². The molecule has 5 aromatic rings. The Balaban J connectivity index is 1.74. The maximum absolute atomic E-state index is 4.19. The van der Waals surface area contributed by atoms with Crippen molar-refractivity contribution in [2.24, 2.45) is 0 Å². The minimum Gasteiger partial charge on any atom is -0.309 e. The minimum absolute atomic E-state index is 1.11. The zero-order chi connectivity index (χ0) is 25.5. The van der Waals surface area contributed by atoms with Crippen molar-refractivity contribution >= 4 is 33.0 Å². The molecule has 1 heterocycles. The van der Waals surface area contributed by atoms with Gasteiger partial charge in [-0.15, -0.1) is 0 Å². The van der Waals surface area contributed by atoms with Crippen LogP contribution in [0.25, 0.3) is 49.8 Å². The molecule has 178 valence electrons. The Morgan fingerprint density at radius 3 is 1.78 bits per heavy atom. The van der Waals surface area contributed by atoms with E-state index in [0.717, 1.165) is 16.8 Å². The summed E-state index contributed by atoms with van der Waals surface area (Å²) in [5.74, 6) is 0. The van der Waals surface area contributed by atoms with E-state index in [4.69, 9.17) is 0 Å². The summed E-state index contributed by atoms with van der Waals surface area (Å²) in [7, 11) is 0. The highest BCUT2D eigenvalue weighted by Gasteiger charge is 2.22. The van der Waals surface area contributed by atoms with Crippen LogP contribution in [0, 0.1) is 0 Å². The van der Waals surface area contributed by atoms with Crippen molar-refractivity contribution in [2.75, 3.05) is 0 Å². The Bertz CT molecular complexity index is 1760. The fourth-order valence-corrected chi connectivity index (χ4v) is 5.84. The lowest BCUT2D eigenvalue weighted by Gasteiger charge is -2.24. The molecular weight excluding hydrogens is 446 g/mol. The predicted molar refractivity (Wildman–Crippen MR) is 161 cm³/mol. The highest BCUT2D eigenvalue weighted by Crippen LogP contribution is 2.43. The molecule has 1 nitrogen and oxygen atoms in total. The van der Waals surface area contributed by atoms with Crippen molar-refractivity contribution in [3.8, 4) is 16.8 Å². The highest BCUT2D eigenvalue weighted by molar-refractivity contribution is 6.09. The van der Waals surface area contributed by atoms with Gasteiger partial charge in [0.15, 0.2) is 0 Å². The average molecular weight is 476 g/mol. The Kier molecular flexibility index (Phi) is 5.62. The molecule has 0 spiro atoms. The van der Waals surface area contributed by atoms with Crippen molar-refractivity contribution in [3.63, 3.8) is 0 Å². The lowest BCUT2D eigenvalue weighted by Crippen LogP contribution is -2.03. The van der Waals surface area contributed by atoms with E-state index in [2.05, 4.69) is 135 Å². The molecule has 37 heavy (non-hydrogen) atoms. The average Bonchev–Trinajstić information content (AvgIpc) is 3.28. The van der Waals surface area contributed by atoms with E-state index in [0.29, 0.717) is 0 Å². The zero-order valence-electron chi connectivity index (χ0n) is 21.3. The van der Waals surface area contributed by atoms with Crippen LogP contribution in [0.3, 0.4) is 0 Å². The number of rotatable bonds is 4. The third-order valence-corrected chi connectivity index (χ3v) is 7.48. The molecule has 0 atom stereocenters. The Hall–Kier alpha value is -4.62. The minimum atomic E-state index is 1.11. The third-order valence-electron chi connectivity index (χ3n) is 7.48. The summed E-state index contributed by atoms with van der Waals surface area (Å²) in [6.45, 7) is 12.6. The van der Waals surface area contributed by atoms with Crippen LogP contribution >= 0.6 is 0 Å². The summed E-state index contributed by atoms with van der Waals surface area (Å²) in [4.78, 5) is 0. The number of para-hydroxylation sites is 2. The largest absolute Gasteiger partial charge is 0.309 e. The maximum Gasteiger partial charge on any atom is 0.0541 e. The first-order valence-electron chi connectivity index (χ1n) is 12.7. The van der Waals surface area contributed by atoms with Crippen molar-refractivity contribution < 1.29 is 0 Å². The molecule has 1 heteroatoms. The van der Waals surface area contributed by atoms with E-state index < -0.39 is 0 Å². The Morgan fingerprint density at radius 2 is 1.16 bits per heavy atom. The molecule has 0 radical (unpaired) electrons. The van der Waals surface area contributed by atoms with Gasteiger partial charge < -0.3 is 4.57 Å². The van der Waals surface area contributed by atoms with E-state index in [-0.39, 0.29) is 0 Å². The standard InChI is InChI=1S/C36H29N/c1-5-14-28-24(4)26(6-2)27(7-3)29-15-8-9-16-30(29)31-22-21-25(23-34(28)31)37-35-19-12-10-17-32(35)33-18-11-13-20-36(33)37/h5-23H,2-3H2,1,4H3/b14-5-,26-24?,27-26?,28-24?,29-27?,31-30?,34-28?. The molecule has 0 aliphatic heterocycles. The number of hydrogen-bond donors (Lipinski definition) is 0. The van der Waals surface area contributed by atoms with Gasteiger partial charge in [0.25, 0.3) is 0 Å². The van der Waals surface area contributed by atoms with Gasteiger partial charge in [-0.2, -0.15) is 0 Å². The number of fused-ring (bicyclic) bond motifs is 6. The fourth-order valence-electron chi connectivity index (χ4n) is 5.84. The van der Waals surface area contributed by atoms with Gasteiger partial charge in [0.05, 0.1) is 11.0 Å². The summed E-state index contributed by atoms with van der Waals surface area (Å²) >= 11 is 0. The van der Waals surface area contributed by atoms with Crippen molar-refractivity contribution in [2.45, 2.75) is 13.8 Å². The predicted octanol–water partition coefficient (Wildman–Crippen LogP) is 9.94. The van der Waals surface area contributed by atoms with E-state index in [1.807, 2.05) is 12.2 Å². The smallest absolute Gasteiger partial charge is 0.0541 e. The number of allylic oxidation sites excluding steroid dienone is 8. The van der Waals surface area contributed by atoms with Gasteiger partial charge in [0.1, 0.15) is 0 Å². The Labute approximate surface area is 218 Å². The number of aromatic nitrogens is 1. The van der Waals surface area contributed by atoms with Crippen molar-refractivity contribution in [3.05, 3.63) is 151 Å². The van der Waals surface area contributed by atoms with Crippen LogP contribution in [0.5, 0.6) is 0 Å². The summed E-state index contributed by atoms with van der Waals surface area (Å²) in [6.07, 6.45) is 8.28. The molecule has 0 fully saturated rings. The molecule has 0 unspecified atom stereocenters. The first kappa shape index (κ1) is 22.8. The van der Waals surface area contributed by atoms with E-state index in [1.165, 1.54) is 55.2 Å². The van der Waals surface area contributed by atoms with Crippen LogP contribution < -0.4 is 0 Å². The number of nitrogens with zero attached hydrogens (tertiary/aromatic N) is 1. The summed E-state index contributed by atoms with van der Waals surface area (Å²) < 4.78 is 2.39. The molecule has 0 saturated carbocycles. The number of hydrogen-bond acceptors (Lipinski definition) is 0. The molecule has 0 amide bonds. The molecule has 0 saturated heterocycles. The highest BCUT2D eigenvalue weighted by atomic mass is 15.0. The molecule has 0 N–H and O–H groups in total. The van der Waals surface area contributed by atoms with E-state index in [9.17, 15) is 0 Å². The molecule has 0 bridgehead atoms. The second-order valence-electron chi connectivity index (χ2n) is 9.42. The van der Waals surface area contributed by atoms with Gasteiger partial charge in [-0.3, -0.25) is 0 Å². The summed E-state index contributed by atoms with van der Waals surface area (Å²) in [6, 6.07) is 32.8. The number of benzene rings is 4. The third kappa shape index (κ3) is 3.47. The first-order valence-corrected chi connectivity index (χ1v) is 12.7. The zero-order valence-corrected chi connectivity index (χ0v) is 21.3.